The maximum absolute atomic E-state index is 13.6. The van der Waals surface area contributed by atoms with Gasteiger partial charge in [0, 0.05) is 38.5 Å². The van der Waals surface area contributed by atoms with Gasteiger partial charge in [0.2, 0.25) is 0 Å². The molecule has 12 heteroatoms. The number of alkyl carbamates (subject to hydrolysis) is 1. The number of nitrogens with one attached hydrogen (secondary N) is 2. The summed E-state index contributed by atoms with van der Waals surface area (Å²) in [5.41, 5.74) is 0.725. The van der Waals surface area contributed by atoms with Crippen molar-refractivity contribution in [1.82, 2.24) is 20.4 Å². The van der Waals surface area contributed by atoms with Crippen molar-refractivity contribution in [2.75, 3.05) is 31.1 Å². The van der Waals surface area contributed by atoms with Crippen LogP contribution in [0.2, 0.25) is 10.0 Å². The molecule has 0 aliphatic carbocycles. The minimum Gasteiger partial charge on any atom is -0.444 e. The van der Waals surface area contributed by atoms with Crippen LogP contribution < -0.4 is 15.8 Å². The Morgan fingerprint density at radius 1 is 1.29 bits per heavy atom. The molecule has 0 radical (unpaired) electrons. The number of aromatic amines is 1. The van der Waals surface area contributed by atoms with Gasteiger partial charge < -0.3 is 20.1 Å². The Balaban J connectivity index is 1.20. The Labute approximate surface area is 205 Å². The van der Waals surface area contributed by atoms with E-state index in [1.54, 1.807) is 6.07 Å². The predicted octanol–water partition coefficient (Wildman–Crippen LogP) is 2.55. The van der Waals surface area contributed by atoms with Crippen molar-refractivity contribution >= 4 is 35.0 Å². The molecule has 1 aromatic heterocycles. The van der Waals surface area contributed by atoms with E-state index in [1.807, 2.05) is 9.80 Å². The first kappa shape index (κ1) is 24.7. The van der Waals surface area contributed by atoms with E-state index in [0.717, 1.165) is 0 Å². The minimum absolute atomic E-state index is 0.0541. The third kappa shape index (κ3) is 5.99. The van der Waals surface area contributed by atoms with Crippen LogP contribution in [0.25, 0.3) is 0 Å². The lowest BCUT2D eigenvalue weighted by atomic mass is 10.0. The number of hydrogen-bond donors (Lipinski definition) is 3. The number of carbonyl (C=O) groups excluding carboxylic acids is 1. The highest BCUT2D eigenvalue weighted by molar-refractivity contribution is 6.33. The summed E-state index contributed by atoms with van der Waals surface area (Å²) < 4.78 is 19.2. The van der Waals surface area contributed by atoms with E-state index in [2.05, 4.69) is 15.5 Å². The first-order chi connectivity index (χ1) is 16.3. The average Bonchev–Trinajstić information content (AvgIpc) is 3.26. The van der Waals surface area contributed by atoms with Crippen molar-refractivity contribution in [2.45, 2.75) is 44.1 Å². The van der Waals surface area contributed by atoms with Gasteiger partial charge in [0.05, 0.1) is 23.5 Å². The van der Waals surface area contributed by atoms with Crippen molar-refractivity contribution < 1.29 is 19.0 Å². The molecule has 2 fully saturated rings. The van der Waals surface area contributed by atoms with Gasteiger partial charge >= 0.3 is 6.09 Å². The summed E-state index contributed by atoms with van der Waals surface area (Å²) >= 11 is 11.8. The number of hydrogen-bond acceptors (Lipinski definition) is 7. The van der Waals surface area contributed by atoms with Gasteiger partial charge in [-0.15, -0.1) is 0 Å². The summed E-state index contributed by atoms with van der Waals surface area (Å²) in [6, 6.07) is 4.45. The summed E-state index contributed by atoms with van der Waals surface area (Å²) in [6.45, 7) is 2.20. The average molecular weight is 514 g/mol. The molecule has 9 nitrogen and oxygen atoms in total. The number of carbonyl (C=O) groups is 1. The fourth-order valence-corrected chi connectivity index (χ4v) is 4.67. The zero-order valence-corrected chi connectivity index (χ0v) is 19.9. The molecule has 0 saturated carbocycles. The van der Waals surface area contributed by atoms with Crippen molar-refractivity contribution in [3.05, 3.63) is 56.2 Å². The summed E-state index contributed by atoms with van der Waals surface area (Å²) in [4.78, 5) is 27.8. The van der Waals surface area contributed by atoms with Gasteiger partial charge in [-0.2, -0.15) is 5.10 Å². The number of benzene rings is 1. The Kier molecular flexibility index (Phi) is 7.92. The molecule has 3 N–H and O–H groups in total. The van der Waals surface area contributed by atoms with E-state index in [4.69, 9.17) is 27.9 Å². The Hall–Kier alpha value is -2.40. The maximum atomic E-state index is 13.6. The smallest absolute Gasteiger partial charge is 0.407 e. The Morgan fingerprint density at radius 2 is 2.06 bits per heavy atom. The zero-order valence-electron chi connectivity index (χ0n) is 18.3. The van der Waals surface area contributed by atoms with E-state index in [-0.39, 0.29) is 22.2 Å². The Morgan fingerprint density at radius 3 is 2.79 bits per heavy atom. The van der Waals surface area contributed by atoms with E-state index in [9.17, 15) is 19.1 Å². The quantitative estimate of drug-likeness (QED) is 0.544. The van der Waals surface area contributed by atoms with E-state index < -0.39 is 23.7 Å². The van der Waals surface area contributed by atoms with Crippen molar-refractivity contribution in [3.63, 3.8) is 0 Å². The zero-order chi connectivity index (χ0) is 24.2. The molecule has 34 heavy (non-hydrogen) atoms. The monoisotopic (exact) mass is 513 g/mol. The summed E-state index contributed by atoms with van der Waals surface area (Å²) in [5.74, 6) is -0.504. The highest BCUT2D eigenvalue weighted by Gasteiger charge is 2.30. The molecule has 0 spiro atoms. The second kappa shape index (κ2) is 10.9. The SMILES string of the molecule is O=C(NC1CCN(C(O)Cc2ccc(Cl)c(F)c2)CC1)O[C@@H]1CCN(c2cn[nH]c(=O)c2Cl)C1. The molecule has 3 heterocycles. The number of aliphatic hydroxyl groups excluding tert-OH is 1. The molecule has 1 amide bonds. The molecule has 1 aromatic carbocycles. The number of anilines is 1. The number of aliphatic hydroxyl groups is 1. The molecule has 0 bridgehead atoms. The number of halogens is 3. The molecule has 2 saturated heterocycles. The van der Waals surface area contributed by atoms with E-state index in [1.165, 1.54) is 18.3 Å². The second-order valence-corrected chi connectivity index (χ2v) is 9.33. The number of H-pyrrole nitrogens is 1. The minimum atomic E-state index is -0.746. The van der Waals surface area contributed by atoms with Crippen LogP contribution in [0.15, 0.2) is 29.2 Å². The van der Waals surface area contributed by atoms with Crippen LogP contribution >= 0.6 is 23.2 Å². The summed E-state index contributed by atoms with van der Waals surface area (Å²) in [5, 5.41) is 19.6. The van der Waals surface area contributed by atoms with Crippen molar-refractivity contribution in [1.29, 1.82) is 0 Å². The lowest BCUT2D eigenvalue weighted by Crippen LogP contribution is -2.49. The molecule has 2 aliphatic heterocycles. The fraction of sp³-hybridized carbons (Fsp3) is 0.500. The Bertz CT molecular complexity index is 1080. The number of amides is 1. The van der Waals surface area contributed by atoms with Crippen LogP contribution in [0.3, 0.4) is 0 Å². The highest BCUT2D eigenvalue weighted by atomic mass is 35.5. The predicted molar refractivity (Wildman–Crippen MR) is 126 cm³/mol. The molecule has 184 valence electrons. The first-order valence-electron chi connectivity index (χ1n) is 11.1. The number of piperidine rings is 1. The summed E-state index contributed by atoms with van der Waals surface area (Å²) in [6.07, 6.45) is 2.15. The fourth-order valence-electron chi connectivity index (χ4n) is 4.34. The van der Waals surface area contributed by atoms with Crippen LogP contribution in [0.4, 0.5) is 14.9 Å². The first-order valence-corrected chi connectivity index (χ1v) is 11.9. The molecule has 1 unspecified atom stereocenters. The van der Waals surface area contributed by atoms with Gasteiger partial charge in [0.25, 0.3) is 5.56 Å². The van der Waals surface area contributed by atoms with Gasteiger partial charge in [-0.3, -0.25) is 9.69 Å². The highest BCUT2D eigenvalue weighted by Crippen LogP contribution is 2.26. The van der Waals surface area contributed by atoms with Gasteiger partial charge in [0.15, 0.2) is 0 Å². The second-order valence-electron chi connectivity index (χ2n) is 8.55. The molecule has 4 rings (SSSR count). The number of aromatic nitrogens is 2. The maximum Gasteiger partial charge on any atom is 0.407 e. The number of rotatable bonds is 6. The van der Waals surface area contributed by atoms with Crippen LogP contribution in [-0.4, -0.2) is 70.8 Å². The van der Waals surface area contributed by atoms with E-state index in [0.29, 0.717) is 63.1 Å². The lowest BCUT2D eigenvalue weighted by Gasteiger charge is -2.35. The van der Waals surface area contributed by atoms with Crippen molar-refractivity contribution in [2.24, 2.45) is 0 Å². The van der Waals surface area contributed by atoms with Gasteiger partial charge in [0.1, 0.15) is 23.2 Å². The third-order valence-corrected chi connectivity index (χ3v) is 6.88. The van der Waals surface area contributed by atoms with Crippen LogP contribution in [0, 0.1) is 5.82 Å². The molecular formula is C22H26Cl2FN5O4. The van der Waals surface area contributed by atoms with Gasteiger partial charge in [-0.1, -0.05) is 29.3 Å². The number of nitrogens with zero attached hydrogens (tertiary/aromatic N) is 3. The largest absolute Gasteiger partial charge is 0.444 e. The van der Waals surface area contributed by atoms with Crippen LogP contribution in [0.5, 0.6) is 0 Å². The third-order valence-electron chi connectivity index (χ3n) is 6.21. The van der Waals surface area contributed by atoms with Gasteiger partial charge in [-0.25, -0.2) is 14.3 Å². The van der Waals surface area contributed by atoms with E-state index >= 15 is 0 Å². The van der Waals surface area contributed by atoms with Crippen LogP contribution in [0.1, 0.15) is 24.8 Å². The standard InChI is InChI=1S/C22H26Cl2FN5O4/c23-16-2-1-13(9-17(16)25)10-19(31)29-6-3-14(4-7-29)27-22(33)34-15-5-8-30(12-15)18-11-26-28-21(32)20(18)24/h1-2,9,11,14-15,19,31H,3-8,10,12H2,(H,27,33)(H,28,32)/t15-,19?/m1/s1. The molecule has 2 aliphatic rings. The summed E-state index contributed by atoms with van der Waals surface area (Å²) in [7, 11) is 0. The topological polar surface area (TPSA) is 111 Å². The molecular weight excluding hydrogens is 488 g/mol. The number of ether oxygens (including phenoxy) is 1. The molecule has 2 atom stereocenters. The normalized spacial score (nSPS) is 20.4. The lowest BCUT2D eigenvalue weighted by molar-refractivity contribution is -0.0122. The number of likely N-dealkylation sites (tertiary alicyclic amines) is 1. The molecule has 2 aromatic rings. The van der Waals surface area contributed by atoms with Crippen molar-refractivity contribution in [3.8, 4) is 0 Å². The van der Waals surface area contributed by atoms with Crippen LogP contribution in [-0.2, 0) is 11.2 Å². The van der Waals surface area contributed by atoms with Gasteiger partial charge in [-0.05, 0) is 30.5 Å².